The molecule has 18 heavy (non-hydrogen) atoms. The van der Waals surface area contributed by atoms with Gasteiger partial charge in [-0.05, 0) is 30.9 Å². The zero-order valence-electron chi connectivity index (χ0n) is 10.2. The van der Waals surface area contributed by atoms with Crippen LogP contribution in [-0.2, 0) is 0 Å². The third-order valence-electron chi connectivity index (χ3n) is 3.58. The number of fused-ring (bicyclic) bond motifs is 1. The van der Waals surface area contributed by atoms with Crippen LogP contribution in [0.3, 0.4) is 0 Å². The number of imidazole rings is 1. The number of pyridine rings is 1. The first kappa shape index (κ1) is 11.8. The molecule has 2 aromatic rings. The van der Waals surface area contributed by atoms with Crippen molar-refractivity contribution in [3.05, 3.63) is 30.1 Å². The summed E-state index contributed by atoms with van der Waals surface area (Å²) in [6, 6.07) is 5.81. The molecular weight excluding hydrogens is 244 g/mol. The molecule has 1 aliphatic rings. The molecular formula is C14H16N2OS. The molecule has 0 N–H and O–H groups in total. The number of aromatic nitrogens is 2. The molecule has 0 amide bonds. The van der Waals surface area contributed by atoms with E-state index in [9.17, 15) is 4.79 Å². The molecule has 2 aromatic heterocycles. The van der Waals surface area contributed by atoms with Crippen LogP contribution in [0.25, 0.3) is 5.65 Å². The smallest absolute Gasteiger partial charge is 0.169 e. The van der Waals surface area contributed by atoms with E-state index in [2.05, 4.69) is 4.98 Å². The van der Waals surface area contributed by atoms with Crippen LogP contribution in [0.1, 0.15) is 36.2 Å². The molecule has 3 nitrogen and oxygen atoms in total. The summed E-state index contributed by atoms with van der Waals surface area (Å²) in [6.45, 7) is 0. The van der Waals surface area contributed by atoms with Gasteiger partial charge in [0.05, 0.1) is 0 Å². The van der Waals surface area contributed by atoms with Gasteiger partial charge in [0.1, 0.15) is 16.4 Å². The van der Waals surface area contributed by atoms with E-state index < -0.39 is 0 Å². The first-order valence-electron chi connectivity index (χ1n) is 6.43. The Morgan fingerprint density at radius 2 is 2.22 bits per heavy atom. The van der Waals surface area contributed by atoms with Crippen molar-refractivity contribution < 1.29 is 4.79 Å². The number of thioether (sulfide) groups is 1. The fraction of sp³-hybridized carbons (Fsp3) is 0.429. The summed E-state index contributed by atoms with van der Waals surface area (Å²) in [5.41, 5.74) is 1.54. The van der Waals surface area contributed by atoms with Gasteiger partial charge in [0.15, 0.2) is 6.29 Å². The van der Waals surface area contributed by atoms with Crippen LogP contribution in [0.5, 0.6) is 0 Å². The zero-order valence-corrected chi connectivity index (χ0v) is 11.0. The normalized spacial score (nSPS) is 16.4. The van der Waals surface area contributed by atoms with Crippen LogP contribution in [0.2, 0.25) is 0 Å². The van der Waals surface area contributed by atoms with E-state index >= 15 is 0 Å². The quantitative estimate of drug-likeness (QED) is 0.624. The Bertz CT molecular complexity index is 558. The molecule has 0 spiro atoms. The van der Waals surface area contributed by atoms with Gasteiger partial charge in [-0.3, -0.25) is 9.20 Å². The first-order valence-corrected chi connectivity index (χ1v) is 7.42. The lowest BCUT2D eigenvalue weighted by molar-refractivity contribution is 0.111. The maximum atomic E-state index is 11.2. The highest BCUT2D eigenvalue weighted by atomic mass is 32.2. The Morgan fingerprint density at radius 3 is 3.00 bits per heavy atom. The van der Waals surface area contributed by atoms with Crippen molar-refractivity contribution >= 4 is 23.7 Å². The van der Waals surface area contributed by atoms with E-state index in [0.717, 1.165) is 28.6 Å². The van der Waals surface area contributed by atoms with Crippen molar-refractivity contribution in [1.82, 2.24) is 9.38 Å². The maximum absolute atomic E-state index is 11.2. The summed E-state index contributed by atoms with van der Waals surface area (Å²) in [5, 5.41) is 0.878. The van der Waals surface area contributed by atoms with Crippen molar-refractivity contribution in [3.8, 4) is 0 Å². The Balaban J connectivity index is 1.84. The van der Waals surface area contributed by atoms with Gasteiger partial charge < -0.3 is 0 Å². The highest BCUT2D eigenvalue weighted by molar-refractivity contribution is 7.99. The SMILES string of the molecule is O=Cc1c(SCC2CCCC2)nc2ccccn12. The van der Waals surface area contributed by atoms with E-state index in [1.165, 1.54) is 25.7 Å². The number of carbonyl (C=O) groups excluding carboxylic acids is 1. The Kier molecular flexibility index (Phi) is 3.37. The molecule has 1 saturated carbocycles. The number of rotatable bonds is 4. The highest BCUT2D eigenvalue weighted by Crippen LogP contribution is 2.31. The van der Waals surface area contributed by atoms with Crippen molar-refractivity contribution in [2.45, 2.75) is 30.7 Å². The second-order valence-electron chi connectivity index (χ2n) is 4.81. The van der Waals surface area contributed by atoms with Crippen molar-refractivity contribution in [3.63, 3.8) is 0 Å². The molecule has 0 radical (unpaired) electrons. The van der Waals surface area contributed by atoms with E-state index in [1.807, 2.05) is 28.8 Å². The van der Waals surface area contributed by atoms with Crippen molar-refractivity contribution in [2.75, 3.05) is 5.75 Å². The molecule has 0 aliphatic heterocycles. The summed E-state index contributed by atoms with van der Waals surface area (Å²) in [5.74, 6) is 1.89. The van der Waals surface area contributed by atoms with E-state index in [0.29, 0.717) is 5.69 Å². The van der Waals surface area contributed by atoms with Gasteiger partial charge in [-0.2, -0.15) is 0 Å². The lowest BCUT2D eigenvalue weighted by Crippen LogP contribution is -1.97. The fourth-order valence-corrected chi connectivity index (χ4v) is 3.76. The summed E-state index contributed by atoms with van der Waals surface area (Å²) in [6.07, 6.45) is 8.18. The summed E-state index contributed by atoms with van der Waals surface area (Å²) in [4.78, 5) is 15.8. The molecule has 1 fully saturated rings. The van der Waals surface area contributed by atoms with Crippen LogP contribution in [-0.4, -0.2) is 21.4 Å². The number of nitrogens with zero attached hydrogens (tertiary/aromatic N) is 2. The van der Waals surface area contributed by atoms with Gasteiger partial charge in [0.2, 0.25) is 0 Å². The highest BCUT2D eigenvalue weighted by Gasteiger charge is 2.18. The zero-order chi connectivity index (χ0) is 12.4. The molecule has 94 valence electrons. The van der Waals surface area contributed by atoms with Gasteiger partial charge in [-0.25, -0.2) is 4.98 Å². The van der Waals surface area contributed by atoms with Gasteiger partial charge in [0, 0.05) is 11.9 Å². The number of hydrogen-bond donors (Lipinski definition) is 0. The van der Waals surface area contributed by atoms with Gasteiger partial charge in [0.25, 0.3) is 0 Å². The van der Waals surface area contributed by atoms with Crippen LogP contribution >= 0.6 is 11.8 Å². The summed E-state index contributed by atoms with van der Waals surface area (Å²) in [7, 11) is 0. The van der Waals surface area contributed by atoms with E-state index in [1.54, 1.807) is 11.8 Å². The van der Waals surface area contributed by atoms with E-state index in [4.69, 9.17) is 0 Å². The molecule has 0 saturated heterocycles. The summed E-state index contributed by atoms with van der Waals surface area (Å²) >= 11 is 1.73. The second kappa shape index (κ2) is 5.14. The minimum Gasteiger partial charge on any atom is -0.296 e. The molecule has 3 rings (SSSR count). The topological polar surface area (TPSA) is 34.4 Å². The van der Waals surface area contributed by atoms with Crippen LogP contribution < -0.4 is 0 Å². The number of carbonyl (C=O) groups is 1. The lowest BCUT2D eigenvalue weighted by Gasteiger charge is -2.06. The predicted octanol–water partition coefficient (Wildman–Crippen LogP) is 3.43. The monoisotopic (exact) mass is 260 g/mol. The third-order valence-corrected chi connectivity index (χ3v) is 4.79. The molecule has 2 heterocycles. The van der Waals surface area contributed by atoms with Crippen LogP contribution in [0, 0.1) is 5.92 Å². The first-order chi connectivity index (χ1) is 8.88. The Morgan fingerprint density at radius 1 is 1.39 bits per heavy atom. The second-order valence-corrected chi connectivity index (χ2v) is 5.82. The van der Waals surface area contributed by atoms with Crippen LogP contribution in [0.15, 0.2) is 29.4 Å². The van der Waals surface area contributed by atoms with Crippen molar-refractivity contribution in [1.29, 1.82) is 0 Å². The number of hydrogen-bond acceptors (Lipinski definition) is 3. The molecule has 0 bridgehead atoms. The Labute approximate surface area is 111 Å². The standard InChI is InChI=1S/C14H16N2OS/c17-9-12-14(18-10-11-5-1-2-6-11)15-13-7-3-4-8-16(12)13/h3-4,7-9,11H,1-2,5-6,10H2. The molecule has 1 aliphatic carbocycles. The van der Waals surface area contributed by atoms with Gasteiger partial charge >= 0.3 is 0 Å². The molecule has 0 atom stereocenters. The van der Waals surface area contributed by atoms with Gasteiger partial charge in [-0.1, -0.05) is 18.9 Å². The molecule has 4 heteroatoms. The minimum atomic E-state index is 0.689. The fourth-order valence-electron chi connectivity index (χ4n) is 2.58. The van der Waals surface area contributed by atoms with Crippen molar-refractivity contribution in [2.24, 2.45) is 5.92 Å². The summed E-state index contributed by atoms with van der Waals surface area (Å²) < 4.78 is 1.87. The average molecular weight is 260 g/mol. The number of aldehydes is 1. The maximum Gasteiger partial charge on any atom is 0.169 e. The predicted molar refractivity (Wildman–Crippen MR) is 73.3 cm³/mol. The van der Waals surface area contributed by atoms with Crippen LogP contribution in [0.4, 0.5) is 0 Å². The van der Waals surface area contributed by atoms with E-state index in [-0.39, 0.29) is 0 Å². The lowest BCUT2D eigenvalue weighted by atomic mass is 10.1. The Hall–Kier alpha value is -1.29. The molecule has 0 unspecified atom stereocenters. The third kappa shape index (κ3) is 2.17. The average Bonchev–Trinajstić information content (AvgIpc) is 3.03. The molecule has 0 aromatic carbocycles. The van der Waals surface area contributed by atoms with Gasteiger partial charge in [-0.15, -0.1) is 11.8 Å². The largest absolute Gasteiger partial charge is 0.296 e. The minimum absolute atomic E-state index is 0.689.